The van der Waals surface area contributed by atoms with Crippen LogP contribution in [0.25, 0.3) is 33.4 Å². The highest BCUT2D eigenvalue weighted by Crippen LogP contribution is 2.54. The second kappa shape index (κ2) is 10.2. The summed E-state index contributed by atoms with van der Waals surface area (Å²) < 4.78 is 1.11. The minimum absolute atomic E-state index is 0.0460. The predicted molar refractivity (Wildman–Crippen MR) is 177 cm³/mol. The minimum Gasteiger partial charge on any atom is -0.310 e. The first-order valence-electron chi connectivity index (χ1n) is 14.1. The van der Waals surface area contributed by atoms with E-state index in [9.17, 15) is 0 Å². The Kier molecular flexibility index (Phi) is 6.37. The summed E-state index contributed by atoms with van der Waals surface area (Å²) in [7, 11) is 0. The molecule has 0 fully saturated rings. The lowest BCUT2D eigenvalue weighted by molar-refractivity contribution is 0.660. The van der Waals surface area contributed by atoms with E-state index < -0.39 is 0 Å². The molecule has 0 N–H and O–H groups in total. The molecule has 0 saturated carbocycles. The zero-order valence-electron chi connectivity index (χ0n) is 23.2. The summed E-state index contributed by atoms with van der Waals surface area (Å²) >= 11 is 3.69. The Morgan fingerprint density at radius 1 is 0.463 bits per heavy atom. The lowest BCUT2D eigenvalue weighted by Crippen LogP contribution is -2.16. The first kappa shape index (κ1) is 25.6. The van der Waals surface area contributed by atoms with Crippen LogP contribution in [-0.4, -0.2) is 0 Å². The first-order valence-corrected chi connectivity index (χ1v) is 14.9. The molecule has 0 atom stereocenters. The molecule has 0 radical (unpaired) electrons. The first-order chi connectivity index (χ1) is 20.0. The highest BCUT2D eigenvalue weighted by Gasteiger charge is 2.37. The Morgan fingerprint density at radius 2 is 1.00 bits per heavy atom. The Hall–Kier alpha value is -4.40. The van der Waals surface area contributed by atoms with Crippen LogP contribution >= 0.6 is 15.9 Å². The molecule has 1 nitrogen and oxygen atoms in total. The fourth-order valence-corrected chi connectivity index (χ4v) is 6.78. The number of benzene rings is 6. The lowest BCUT2D eigenvalue weighted by atomic mass is 9.82. The lowest BCUT2D eigenvalue weighted by Gasteiger charge is -2.29. The quantitative estimate of drug-likeness (QED) is 0.193. The van der Waals surface area contributed by atoms with E-state index >= 15 is 0 Å². The fourth-order valence-electron chi connectivity index (χ4n) is 6.27. The number of hydrogen-bond acceptors (Lipinski definition) is 1. The van der Waals surface area contributed by atoms with Crippen LogP contribution < -0.4 is 4.90 Å². The molecule has 0 saturated heterocycles. The maximum absolute atomic E-state index is 3.69. The van der Waals surface area contributed by atoms with Crippen molar-refractivity contribution in [1.82, 2.24) is 0 Å². The van der Waals surface area contributed by atoms with Gasteiger partial charge in [0.2, 0.25) is 0 Å². The minimum atomic E-state index is -0.0460. The standard InChI is InChI=1S/C39H30BrN/c1-39(2)34-15-8-6-14-33(34)38-35(39)16-10-18-37(38)41(30-11-4-3-5-12-30)31-25-23-28(24-26-31)27-19-21-29(22-20-27)32-13-7-9-17-36(32)40/h3-26H,1-2H3. The maximum Gasteiger partial charge on any atom is 0.0543 e. The van der Waals surface area contributed by atoms with Gasteiger partial charge in [-0.2, -0.15) is 0 Å². The van der Waals surface area contributed by atoms with Crippen molar-refractivity contribution in [3.63, 3.8) is 0 Å². The van der Waals surface area contributed by atoms with E-state index in [2.05, 4.69) is 174 Å². The summed E-state index contributed by atoms with van der Waals surface area (Å²) in [5.74, 6) is 0. The van der Waals surface area contributed by atoms with Gasteiger partial charge in [0.15, 0.2) is 0 Å². The highest BCUT2D eigenvalue weighted by molar-refractivity contribution is 9.10. The smallest absolute Gasteiger partial charge is 0.0543 e. The van der Waals surface area contributed by atoms with Gasteiger partial charge in [0.05, 0.1) is 5.69 Å². The largest absolute Gasteiger partial charge is 0.310 e. The number of hydrogen-bond donors (Lipinski definition) is 0. The van der Waals surface area contributed by atoms with Gasteiger partial charge in [-0.1, -0.05) is 139 Å². The van der Waals surface area contributed by atoms with Crippen molar-refractivity contribution in [3.05, 3.63) is 161 Å². The molecule has 2 heteroatoms. The van der Waals surface area contributed by atoms with Crippen LogP contribution in [-0.2, 0) is 5.41 Å². The Bertz CT molecular complexity index is 1850. The van der Waals surface area contributed by atoms with Gasteiger partial charge in [-0.3, -0.25) is 0 Å². The van der Waals surface area contributed by atoms with Gasteiger partial charge >= 0.3 is 0 Å². The second-order valence-corrected chi connectivity index (χ2v) is 12.0. The summed E-state index contributed by atoms with van der Waals surface area (Å²) in [6, 6.07) is 52.5. The highest BCUT2D eigenvalue weighted by atomic mass is 79.9. The zero-order chi connectivity index (χ0) is 28.0. The summed E-state index contributed by atoms with van der Waals surface area (Å²) in [5, 5.41) is 0. The van der Waals surface area contributed by atoms with Gasteiger partial charge < -0.3 is 4.90 Å². The molecule has 0 spiro atoms. The van der Waals surface area contributed by atoms with Crippen molar-refractivity contribution in [2.45, 2.75) is 19.3 Å². The van der Waals surface area contributed by atoms with E-state index in [0.29, 0.717) is 0 Å². The van der Waals surface area contributed by atoms with E-state index in [0.717, 1.165) is 15.8 Å². The molecular weight excluding hydrogens is 562 g/mol. The van der Waals surface area contributed by atoms with Gasteiger partial charge in [-0.05, 0) is 75.3 Å². The van der Waals surface area contributed by atoms with E-state index in [-0.39, 0.29) is 5.41 Å². The molecule has 0 heterocycles. The number of anilines is 3. The third-order valence-electron chi connectivity index (χ3n) is 8.37. The van der Waals surface area contributed by atoms with Gasteiger partial charge in [0.1, 0.15) is 0 Å². The van der Waals surface area contributed by atoms with Crippen LogP contribution in [0.5, 0.6) is 0 Å². The van der Waals surface area contributed by atoms with Gasteiger partial charge in [0, 0.05) is 26.8 Å². The van der Waals surface area contributed by atoms with Crippen molar-refractivity contribution in [2.24, 2.45) is 0 Å². The number of rotatable bonds is 5. The van der Waals surface area contributed by atoms with Crippen LogP contribution in [0, 0.1) is 0 Å². The monoisotopic (exact) mass is 591 g/mol. The molecule has 1 aliphatic rings. The van der Waals surface area contributed by atoms with E-state index in [1.165, 1.54) is 50.2 Å². The van der Waals surface area contributed by atoms with Gasteiger partial charge in [-0.15, -0.1) is 0 Å². The van der Waals surface area contributed by atoms with Gasteiger partial charge in [0.25, 0.3) is 0 Å². The molecule has 0 aromatic heterocycles. The average molecular weight is 593 g/mol. The van der Waals surface area contributed by atoms with E-state index in [4.69, 9.17) is 0 Å². The predicted octanol–water partition coefficient (Wildman–Crippen LogP) is 11.6. The fraction of sp³-hybridized carbons (Fsp3) is 0.0769. The SMILES string of the molecule is CC1(C)c2ccccc2-c2c(N(c3ccccc3)c3ccc(-c4ccc(-c5ccccc5Br)cc4)cc3)cccc21. The zero-order valence-corrected chi connectivity index (χ0v) is 24.8. The molecule has 198 valence electrons. The van der Waals surface area contributed by atoms with E-state index in [1.807, 2.05) is 6.07 Å². The van der Waals surface area contributed by atoms with Crippen LogP contribution in [0.3, 0.4) is 0 Å². The third kappa shape index (κ3) is 4.40. The Morgan fingerprint density at radius 3 is 1.71 bits per heavy atom. The topological polar surface area (TPSA) is 3.24 Å². The molecule has 0 bridgehead atoms. The van der Waals surface area contributed by atoms with Crippen LogP contribution in [0.2, 0.25) is 0 Å². The van der Waals surface area contributed by atoms with E-state index in [1.54, 1.807) is 0 Å². The van der Waals surface area contributed by atoms with Crippen molar-refractivity contribution in [1.29, 1.82) is 0 Å². The van der Waals surface area contributed by atoms with Crippen LogP contribution in [0.1, 0.15) is 25.0 Å². The molecule has 0 unspecified atom stereocenters. The number of para-hydroxylation sites is 1. The number of fused-ring (bicyclic) bond motifs is 3. The normalized spacial score (nSPS) is 13.0. The van der Waals surface area contributed by atoms with Crippen LogP contribution in [0.4, 0.5) is 17.1 Å². The average Bonchev–Trinajstić information content (AvgIpc) is 3.26. The molecule has 6 aromatic rings. The molecular formula is C39H30BrN. The molecule has 6 aromatic carbocycles. The molecule has 0 aliphatic heterocycles. The van der Waals surface area contributed by atoms with Crippen molar-refractivity contribution in [2.75, 3.05) is 4.90 Å². The number of nitrogens with zero attached hydrogens (tertiary/aromatic N) is 1. The molecule has 41 heavy (non-hydrogen) atoms. The molecule has 7 rings (SSSR count). The Balaban J connectivity index is 1.30. The molecule has 0 amide bonds. The van der Waals surface area contributed by atoms with Gasteiger partial charge in [-0.25, -0.2) is 0 Å². The molecule has 1 aliphatic carbocycles. The van der Waals surface area contributed by atoms with Crippen molar-refractivity contribution >= 4 is 33.0 Å². The summed E-state index contributed by atoms with van der Waals surface area (Å²) in [5.41, 5.74) is 13.7. The Labute approximate surface area is 250 Å². The number of halogens is 1. The second-order valence-electron chi connectivity index (χ2n) is 11.1. The third-order valence-corrected chi connectivity index (χ3v) is 9.06. The van der Waals surface area contributed by atoms with Crippen LogP contribution in [0.15, 0.2) is 150 Å². The summed E-state index contributed by atoms with van der Waals surface area (Å²) in [4.78, 5) is 2.40. The van der Waals surface area contributed by atoms with Crippen molar-refractivity contribution in [3.8, 4) is 33.4 Å². The maximum atomic E-state index is 3.69. The summed E-state index contributed by atoms with van der Waals surface area (Å²) in [6.45, 7) is 4.68. The summed E-state index contributed by atoms with van der Waals surface area (Å²) in [6.07, 6.45) is 0. The van der Waals surface area contributed by atoms with Crippen molar-refractivity contribution < 1.29 is 0 Å².